The Morgan fingerprint density at radius 1 is 1.19 bits per heavy atom. The minimum absolute atomic E-state index is 0.117. The van der Waals surface area contributed by atoms with Gasteiger partial charge in [-0.1, -0.05) is 0 Å². The second kappa shape index (κ2) is 7.65. The zero-order valence-electron chi connectivity index (χ0n) is 15.1. The predicted molar refractivity (Wildman–Crippen MR) is 108 cm³/mol. The van der Waals surface area contributed by atoms with E-state index >= 15 is 4.39 Å². The number of nitrogens with zero attached hydrogens (tertiary/aromatic N) is 5. The van der Waals surface area contributed by atoms with Crippen molar-refractivity contribution in [3.05, 3.63) is 45.6 Å². The molecule has 3 heterocycles. The third-order valence-corrected chi connectivity index (χ3v) is 5.70. The van der Waals surface area contributed by atoms with Gasteiger partial charge in [0.05, 0.1) is 18.2 Å². The van der Waals surface area contributed by atoms with Crippen molar-refractivity contribution < 1.29 is 9.18 Å². The number of carbonyl (C=O) groups excluding carboxylic acids is 1. The standard InChI is InChI=1S/C19H21FIN5O/c1-12-8-23-19(24-9-12)25-7-6-16(15(20)11-25)26(14-3-4-14)18(27)13-2-5-17(21)22-10-13/h2,5,8-10,14-16H,3-4,6-7,11H2,1H3/t15-,16+/m0/s1. The molecular formula is C19H21FIN5O. The quantitative estimate of drug-likeness (QED) is 0.497. The summed E-state index contributed by atoms with van der Waals surface area (Å²) in [4.78, 5) is 29.5. The van der Waals surface area contributed by atoms with Gasteiger partial charge in [-0.2, -0.15) is 0 Å². The van der Waals surface area contributed by atoms with Gasteiger partial charge in [-0.25, -0.2) is 19.3 Å². The van der Waals surface area contributed by atoms with E-state index in [2.05, 4.69) is 37.5 Å². The molecule has 8 heteroatoms. The topological polar surface area (TPSA) is 62.2 Å². The van der Waals surface area contributed by atoms with Crippen LogP contribution in [0.2, 0.25) is 0 Å². The molecule has 0 spiro atoms. The molecule has 142 valence electrons. The van der Waals surface area contributed by atoms with E-state index in [1.165, 1.54) is 0 Å². The lowest BCUT2D eigenvalue weighted by Crippen LogP contribution is -2.55. The predicted octanol–water partition coefficient (Wildman–Crippen LogP) is 3.01. The van der Waals surface area contributed by atoms with Crippen LogP contribution in [0.1, 0.15) is 35.2 Å². The summed E-state index contributed by atoms with van der Waals surface area (Å²) in [6.45, 7) is 2.76. The van der Waals surface area contributed by atoms with E-state index in [1.54, 1.807) is 29.6 Å². The third kappa shape index (κ3) is 4.04. The van der Waals surface area contributed by atoms with Crippen molar-refractivity contribution in [2.45, 2.75) is 44.4 Å². The van der Waals surface area contributed by atoms with Crippen LogP contribution in [0, 0.1) is 10.6 Å². The Kier molecular flexibility index (Phi) is 5.25. The maximum atomic E-state index is 15.1. The fourth-order valence-electron chi connectivity index (χ4n) is 3.53. The van der Waals surface area contributed by atoms with E-state index in [1.807, 2.05) is 17.9 Å². The Morgan fingerprint density at radius 2 is 1.93 bits per heavy atom. The van der Waals surface area contributed by atoms with Gasteiger partial charge in [0.1, 0.15) is 9.87 Å². The summed E-state index contributed by atoms with van der Waals surface area (Å²) in [6.07, 6.45) is 6.39. The molecule has 2 aromatic heterocycles. The Morgan fingerprint density at radius 3 is 2.52 bits per heavy atom. The van der Waals surface area contributed by atoms with E-state index in [4.69, 9.17) is 0 Å². The number of rotatable bonds is 4. The highest BCUT2D eigenvalue weighted by Gasteiger charge is 2.43. The van der Waals surface area contributed by atoms with Crippen LogP contribution in [0.25, 0.3) is 0 Å². The molecule has 1 aliphatic heterocycles. The van der Waals surface area contributed by atoms with Crippen molar-refractivity contribution in [1.82, 2.24) is 19.9 Å². The van der Waals surface area contributed by atoms with Gasteiger partial charge in [0, 0.05) is 31.2 Å². The van der Waals surface area contributed by atoms with Crippen LogP contribution in [0.3, 0.4) is 0 Å². The normalized spacial score (nSPS) is 22.6. The molecule has 2 aromatic rings. The first-order chi connectivity index (χ1) is 13.0. The summed E-state index contributed by atoms with van der Waals surface area (Å²) in [5.74, 6) is 0.432. The van der Waals surface area contributed by atoms with E-state index < -0.39 is 12.2 Å². The van der Waals surface area contributed by atoms with Crippen molar-refractivity contribution in [3.63, 3.8) is 0 Å². The van der Waals surface area contributed by atoms with Crippen molar-refractivity contribution in [1.29, 1.82) is 0 Å². The molecule has 2 atom stereocenters. The molecule has 1 saturated carbocycles. The molecule has 0 bridgehead atoms. The molecule has 6 nitrogen and oxygen atoms in total. The fourth-order valence-corrected chi connectivity index (χ4v) is 3.85. The SMILES string of the molecule is Cc1cnc(N2CC[C@@H](N(C(=O)c3ccc(I)nc3)C3CC3)[C@@H](F)C2)nc1. The first-order valence-corrected chi connectivity index (χ1v) is 10.2. The fraction of sp³-hybridized carbons (Fsp3) is 0.474. The third-order valence-electron chi connectivity index (χ3n) is 5.06. The zero-order valence-corrected chi connectivity index (χ0v) is 17.2. The monoisotopic (exact) mass is 481 g/mol. The maximum absolute atomic E-state index is 15.1. The van der Waals surface area contributed by atoms with Crippen LogP contribution in [-0.4, -0.2) is 57.1 Å². The van der Waals surface area contributed by atoms with Crippen LogP contribution < -0.4 is 4.90 Å². The van der Waals surface area contributed by atoms with Crippen LogP contribution in [0.5, 0.6) is 0 Å². The second-order valence-electron chi connectivity index (χ2n) is 7.19. The minimum atomic E-state index is -1.13. The highest BCUT2D eigenvalue weighted by Crippen LogP contribution is 2.34. The van der Waals surface area contributed by atoms with Gasteiger partial charge in [-0.15, -0.1) is 0 Å². The van der Waals surface area contributed by atoms with Crippen molar-refractivity contribution in [2.75, 3.05) is 18.0 Å². The Labute approximate surface area is 171 Å². The first-order valence-electron chi connectivity index (χ1n) is 9.15. The van der Waals surface area contributed by atoms with E-state index in [0.29, 0.717) is 24.5 Å². The molecule has 0 N–H and O–H groups in total. The van der Waals surface area contributed by atoms with Gasteiger partial charge in [-0.05, 0) is 66.5 Å². The Balaban J connectivity index is 1.50. The Bertz CT molecular complexity index is 812. The van der Waals surface area contributed by atoms with Crippen molar-refractivity contribution >= 4 is 34.4 Å². The molecule has 1 aliphatic carbocycles. The van der Waals surface area contributed by atoms with Crippen LogP contribution in [0.15, 0.2) is 30.7 Å². The molecule has 2 aliphatic rings. The number of alkyl halides is 1. The lowest BCUT2D eigenvalue weighted by atomic mass is 10.00. The zero-order chi connectivity index (χ0) is 19.0. The van der Waals surface area contributed by atoms with Crippen LogP contribution in [-0.2, 0) is 0 Å². The van der Waals surface area contributed by atoms with Gasteiger partial charge in [-0.3, -0.25) is 4.79 Å². The molecule has 0 radical (unpaired) electrons. The van der Waals surface area contributed by atoms with Crippen molar-refractivity contribution in [2.24, 2.45) is 0 Å². The number of hydrogen-bond donors (Lipinski definition) is 0. The summed E-state index contributed by atoms with van der Waals surface area (Å²) in [5.41, 5.74) is 1.50. The smallest absolute Gasteiger partial charge is 0.256 e. The number of aryl methyl sites for hydroxylation is 1. The maximum Gasteiger partial charge on any atom is 0.256 e. The van der Waals surface area contributed by atoms with Gasteiger partial charge >= 0.3 is 0 Å². The van der Waals surface area contributed by atoms with Gasteiger partial charge in [0.15, 0.2) is 0 Å². The number of hydrogen-bond acceptors (Lipinski definition) is 5. The van der Waals surface area contributed by atoms with Gasteiger partial charge < -0.3 is 9.80 Å². The second-order valence-corrected chi connectivity index (χ2v) is 8.30. The molecule has 4 rings (SSSR count). The number of anilines is 1. The molecule has 2 fully saturated rings. The summed E-state index contributed by atoms with van der Waals surface area (Å²) < 4.78 is 16.0. The van der Waals surface area contributed by atoms with Crippen molar-refractivity contribution in [3.8, 4) is 0 Å². The molecule has 0 aromatic carbocycles. The summed E-state index contributed by atoms with van der Waals surface area (Å²) in [5, 5.41) is 0. The summed E-state index contributed by atoms with van der Waals surface area (Å²) >= 11 is 2.11. The molecule has 1 amide bonds. The molecule has 27 heavy (non-hydrogen) atoms. The van der Waals surface area contributed by atoms with E-state index in [0.717, 1.165) is 22.1 Å². The summed E-state index contributed by atoms with van der Waals surface area (Å²) in [6, 6.07) is 3.31. The highest BCUT2D eigenvalue weighted by atomic mass is 127. The van der Waals surface area contributed by atoms with Crippen LogP contribution in [0.4, 0.5) is 10.3 Å². The first kappa shape index (κ1) is 18.5. The van der Waals surface area contributed by atoms with Crippen LogP contribution >= 0.6 is 22.6 Å². The average Bonchev–Trinajstić information content (AvgIpc) is 3.49. The molecule has 1 saturated heterocycles. The average molecular weight is 481 g/mol. The van der Waals surface area contributed by atoms with E-state index in [9.17, 15) is 4.79 Å². The largest absolute Gasteiger partial charge is 0.338 e. The summed E-state index contributed by atoms with van der Waals surface area (Å²) in [7, 11) is 0. The molecule has 0 unspecified atom stereocenters. The number of pyridine rings is 1. The Hall–Kier alpha value is -1.84. The van der Waals surface area contributed by atoms with Gasteiger partial charge in [0.2, 0.25) is 5.95 Å². The molecular weight excluding hydrogens is 460 g/mol. The lowest BCUT2D eigenvalue weighted by Gasteiger charge is -2.41. The number of halogens is 2. The minimum Gasteiger partial charge on any atom is -0.338 e. The number of aromatic nitrogens is 3. The van der Waals surface area contributed by atoms with Gasteiger partial charge in [0.25, 0.3) is 5.91 Å². The number of piperidine rings is 1. The lowest BCUT2D eigenvalue weighted by molar-refractivity contribution is 0.0486. The highest BCUT2D eigenvalue weighted by molar-refractivity contribution is 14.1. The number of amides is 1. The number of carbonyl (C=O) groups is 1. The van der Waals surface area contributed by atoms with E-state index in [-0.39, 0.29) is 18.5 Å².